The lowest BCUT2D eigenvalue weighted by Crippen LogP contribution is -2.48. The van der Waals surface area contributed by atoms with Gasteiger partial charge in [-0.25, -0.2) is 8.42 Å². The van der Waals surface area contributed by atoms with Crippen molar-refractivity contribution in [2.75, 3.05) is 26.2 Å². The second-order valence-corrected chi connectivity index (χ2v) is 9.88. The SMILES string of the molecule is CC(C)(C)c1ccc(S(=O)(=O)N2CCN(Cc3ccccc3)CC2)cc1. The fourth-order valence-electron chi connectivity index (χ4n) is 3.25. The minimum atomic E-state index is -3.41. The first-order chi connectivity index (χ1) is 12.3. The van der Waals surface area contributed by atoms with E-state index in [2.05, 4.69) is 37.8 Å². The van der Waals surface area contributed by atoms with Crippen LogP contribution in [0.25, 0.3) is 0 Å². The van der Waals surface area contributed by atoms with Crippen molar-refractivity contribution in [3.8, 4) is 0 Å². The van der Waals surface area contributed by atoms with Crippen LogP contribution in [0.5, 0.6) is 0 Å². The number of sulfonamides is 1. The van der Waals surface area contributed by atoms with Crippen molar-refractivity contribution in [3.63, 3.8) is 0 Å². The Balaban J connectivity index is 1.64. The largest absolute Gasteiger partial charge is 0.296 e. The highest BCUT2D eigenvalue weighted by molar-refractivity contribution is 7.89. The molecule has 0 atom stereocenters. The van der Waals surface area contributed by atoms with E-state index in [9.17, 15) is 8.42 Å². The van der Waals surface area contributed by atoms with Gasteiger partial charge in [0.15, 0.2) is 0 Å². The van der Waals surface area contributed by atoms with Gasteiger partial charge in [-0.05, 0) is 28.7 Å². The van der Waals surface area contributed by atoms with Gasteiger partial charge in [0, 0.05) is 32.7 Å². The highest BCUT2D eigenvalue weighted by Crippen LogP contribution is 2.25. The van der Waals surface area contributed by atoms with Crippen molar-refractivity contribution < 1.29 is 8.42 Å². The van der Waals surface area contributed by atoms with Gasteiger partial charge in [0.05, 0.1) is 4.90 Å². The van der Waals surface area contributed by atoms with Crippen molar-refractivity contribution in [3.05, 3.63) is 65.7 Å². The molecule has 3 rings (SSSR count). The molecule has 26 heavy (non-hydrogen) atoms. The Kier molecular flexibility index (Phi) is 5.51. The molecular weight excluding hydrogens is 344 g/mol. The zero-order chi connectivity index (χ0) is 18.8. The van der Waals surface area contributed by atoms with Crippen LogP contribution in [0, 0.1) is 0 Å². The Morgan fingerprint density at radius 1 is 0.846 bits per heavy atom. The van der Waals surface area contributed by atoms with E-state index >= 15 is 0 Å². The summed E-state index contributed by atoms with van der Waals surface area (Å²) in [4.78, 5) is 2.70. The van der Waals surface area contributed by atoms with Gasteiger partial charge in [-0.3, -0.25) is 4.90 Å². The molecule has 2 aromatic carbocycles. The van der Waals surface area contributed by atoms with Gasteiger partial charge in [-0.2, -0.15) is 4.31 Å². The molecule has 0 saturated carbocycles. The predicted molar refractivity (Wildman–Crippen MR) is 106 cm³/mol. The summed E-state index contributed by atoms with van der Waals surface area (Å²) in [7, 11) is -3.41. The molecule has 2 aromatic rings. The third-order valence-corrected chi connectivity index (χ3v) is 6.85. The van der Waals surface area contributed by atoms with E-state index in [0.717, 1.165) is 25.2 Å². The number of rotatable bonds is 4. The summed E-state index contributed by atoms with van der Waals surface area (Å²) in [6.45, 7) is 9.84. The monoisotopic (exact) mass is 372 g/mol. The Morgan fingerprint density at radius 2 is 1.42 bits per heavy atom. The average Bonchev–Trinajstić information content (AvgIpc) is 2.62. The van der Waals surface area contributed by atoms with Crippen molar-refractivity contribution in [2.24, 2.45) is 0 Å². The number of piperazine rings is 1. The highest BCUT2D eigenvalue weighted by atomic mass is 32.2. The summed E-state index contributed by atoms with van der Waals surface area (Å²) < 4.78 is 27.5. The maximum absolute atomic E-state index is 12.9. The summed E-state index contributed by atoms with van der Waals surface area (Å²) in [5, 5.41) is 0. The lowest BCUT2D eigenvalue weighted by Gasteiger charge is -2.34. The van der Waals surface area contributed by atoms with E-state index in [-0.39, 0.29) is 5.41 Å². The van der Waals surface area contributed by atoms with E-state index in [0.29, 0.717) is 18.0 Å². The maximum atomic E-state index is 12.9. The van der Waals surface area contributed by atoms with Gasteiger partial charge >= 0.3 is 0 Å². The first-order valence-corrected chi connectivity index (χ1v) is 10.6. The zero-order valence-electron chi connectivity index (χ0n) is 15.9. The Morgan fingerprint density at radius 3 is 1.96 bits per heavy atom. The van der Waals surface area contributed by atoms with Crippen LogP contribution in [0.1, 0.15) is 31.9 Å². The molecule has 0 spiro atoms. The molecule has 0 amide bonds. The molecule has 1 aliphatic heterocycles. The fraction of sp³-hybridized carbons (Fsp3) is 0.429. The van der Waals surface area contributed by atoms with E-state index < -0.39 is 10.0 Å². The third kappa shape index (κ3) is 4.34. The Hall–Kier alpha value is -1.69. The number of hydrogen-bond acceptors (Lipinski definition) is 3. The maximum Gasteiger partial charge on any atom is 0.243 e. The molecule has 0 bridgehead atoms. The quantitative estimate of drug-likeness (QED) is 0.825. The number of nitrogens with zero attached hydrogens (tertiary/aromatic N) is 2. The minimum absolute atomic E-state index is 0.0192. The minimum Gasteiger partial charge on any atom is -0.296 e. The van der Waals surface area contributed by atoms with Crippen molar-refractivity contribution in [2.45, 2.75) is 37.6 Å². The van der Waals surface area contributed by atoms with Crippen molar-refractivity contribution in [1.29, 1.82) is 0 Å². The van der Waals surface area contributed by atoms with Gasteiger partial charge in [0.25, 0.3) is 0 Å². The van der Waals surface area contributed by atoms with Crippen LogP contribution < -0.4 is 0 Å². The van der Waals surface area contributed by atoms with Crippen molar-refractivity contribution >= 4 is 10.0 Å². The standard InChI is InChI=1S/C21H28N2O2S/c1-21(2,3)19-9-11-20(12-10-19)26(24,25)23-15-13-22(14-16-23)17-18-7-5-4-6-8-18/h4-12H,13-17H2,1-3H3. The Labute approximate surface area is 157 Å². The first kappa shape index (κ1) is 19.1. The number of benzene rings is 2. The van der Waals surface area contributed by atoms with Crippen LogP contribution in [0.3, 0.4) is 0 Å². The van der Waals surface area contributed by atoms with Crippen LogP contribution in [0.2, 0.25) is 0 Å². The van der Waals surface area contributed by atoms with E-state index in [1.54, 1.807) is 16.4 Å². The molecule has 1 saturated heterocycles. The van der Waals surface area contributed by atoms with Gasteiger partial charge in [0.2, 0.25) is 10.0 Å². The molecule has 0 radical (unpaired) electrons. The van der Waals surface area contributed by atoms with Crippen LogP contribution in [0.15, 0.2) is 59.5 Å². The molecule has 5 heteroatoms. The molecule has 0 aliphatic carbocycles. The topological polar surface area (TPSA) is 40.6 Å². The summed E-state index contributed by atoms with van der Waals surface area (Å²) in [5.74, 6) is 0. The van der Waals surface area contributed by atoms with Crippen molar-refractivity contribution in [1.82, 2.24) is 9.21 Å². The molecule has 4 nitrogen and oxygen atoms in total. The van der Waals surface area contributed by atoms with E-state index in [4.69, 9.17) is 0 Å². The van der Waals surface area contributed by atoms with E-state index in [1.165, 1.54) is 5.56 Å². The Bertz CT molecular complexity index is 817. The summed E-state index contributed by atoms with van der Waals surface area (Å²) in [5.41, 5.74) is 2.43. The summed E-state index contributed by atoms with van der Waals surface area (Å²) in [6, 6.07) is 17.7. The molecule has 0 unspecified atom stereocenters. The van der Waals surface area contributed by atoms with Crippen LogP contribution in [-0.4, -0.2) is 43.8 Å². The molecule has 1 heterocycles. The average molecular weight is 373 g/mol. The molecular formula is C21H28N2O2S. The molecule has 1 fully saturated rings. The number of hydrogen-bond donors (Lipinski definition) is 0. The summed E-state index contributed by atoms with van der Waals surface area (Å²) >= 11 is 0. The van der Waals surface area contributed by atoms with Gasteiger partial charge in [-0.1, -0.05) is 63.2 Å². The van der Waals surface area contributed by atoms with E-state index in [1.807, 2.05) is 30.3 Å². The molecule has 1 aliphatic rings. The zero-order valence-corrected chi connectivity index (χ0v) is 16.7. The van der Waals surface area contributed by atoms with Gasteiger partial charge in [-0.15, -0.1) is 0 Å². The second-order valence-electron chi connectivity index (χ2n) is 7.94. The molecule has 0 N–H and O–H groups in total. The predicted octanol–water partition coefficient (Wildman–Crippen LogP) is 3.49. The normalized spacial score (nSPS) is 17.3. The van der Waals surface area contributed by atoms with Gasteiger partial charge in [0.1, 0.15) is 0 Å². The van der Waals surface area contributed by atoms with Gasteiger partial charge < -0.3 is 0 Å². The van der Waals surface area contributed by atoms with Crippen LogP contribution in [0.4, 0.5) is 0 Å². The summed E-state index contributed by atoms with van der Waals surface area (Å²) in [6.07, 6.45) is 0. The highest BCUT2D eigenvalue weighted by Gasteiger charge is 2.28. The van der Waals surface area contributed by atoms with Crippen LogP contribution >= 0.6 is 0 Å². The lowest BCUT2D eigenvalue weighted by molar-refractivity contribution is 0.181. The smallest absolute Gasteiger partial charge is 0.243 e. The molecule has 0 aromatic heterocycles. The second kappa shape index (κ2) is 7.51. The van der Waals surface area contributed by atoms with Crippen LogP contribution in [-0.2, 0) is 22.0 Å². The third-order valence-electron chi connectivity index (χ3n) is 4.94. The first-order valence-electron chi connectivity index (χ1n) is 9.14. The molecule has 140 valence electrons. The lowest BCUT2D eigenvalue weighted by atomic mass is 9.87. The fourth-order valence-corrected chi connectivity index (χ4v) is 4.67.